The highest BCUT2D eigenvalue weighted by Crippen LogP contribution is 2.12. The van der Waals surface area contributed by atoms with Crippen LogP contribution in [0.25, 0.3) is 0 Å². The molecule has 0 radical (unpaired) electrons. The van der Waals surface area contributed by atoms with E-state index in [0.29, 0.717) is 13.1 Å². The molecule has 0 atom stereocenters. The van der Waals surface area contributed by atoms with Gasteiger partial charge in [0.15, 0.2) is 0 Å². The van der Waals surface area contributed by atoms with Crippen LogP contribution in [0.2, 0.25) is 0 Å². The van der Waals surface area contributed by atoms with Gasteiger partial charge in [-0.15, -0.1) is 0 Å². The molecular weight excluding hydrogens is 232 g/mol. The summed E-state index contributed by atoms with van der Waals surface area (Å²) in [5.41, 5.74) is 8.85. The third-order valence-electron chi connectivity index (χ3n) is 2.97. The lowest BCUT2D eigenvalue weighted by Crippen LogP contribution is -2.15. The summed E-state index contributed by atoms with van der Waals surface area (Å²) >= 11 is 1.31. The van der Waals surface area contributed by atoms with Crippen molar-refractivity contribution < 1.29 is 0 Å². The summed E-state index contributed by atoms with van der Waals surface area (Å²) in [6, 6.07) is 8.08. The van der Waals surface area contributed by atoms with Gasteiger partial charge in [-0.25, -0.2) is 0 Å². The Morgan fingerprint density at radius 1 is 1.18 bits per heavy atom. The van der Waals surface area contributed by atoms with Crippen molar-refractivity contribution in [1.82, 2.24) is 4.57 Å². The Balaban J connectivity index is 2.28. The van der Waals surface area contributed by atoms with E-state index in [-0.39, 0.29) is 4.87 Å². The van der Waals surface area contributed by atoms with Crippen LogP contribution in [0.4, 0.5) is 0 Å². The largest absolute Gasteiger partial charge is 0.326 e. The van der Waals surface area contributed by atoms with E-state index in [1.807, 2.05) is 42.7 Å². The fourth-order valence-electron chi connectivity index (χ4n) is 1.73. The Morgan fingerprint density at radius 2 is 1.76 bits per heavy atom. The summed E-state index contributed by atoms with van der Waals surface area (Å²) in [5, 5.41) is 0. The molecule has 4 heteroatoms. The molecule has 0 bridgehead atoms. The van der Waals surface area contributed by atoms with Gasteiger partial charge in [0.1, 0.15) is 0 Å². The molecule has 0 aliphatic heterocycles. The van der Waals surface area contributed by atoms with Crippen molar-refractivity contribution in [2.24, 2.45) is 5.73 Å². The van der Waals surface area contributed by atoms with Gasteiger partial charge in [-0.2, -0.15) is 0 Å². The lowest BCUT2D eigenvalue weighted by atomic mass is 10.1. The number of nitrogens with zero attached hydrogens (tertiary/aromatic N) is 1. The van der Waals surface area contributed by atoms with Crippen molar-refractivity contribution in [3.8, 4) is 0 Å². The number of hydrogen-bond donors (Lipinski definition) is 1. The van der Waals surface area contributed by atoms with Gasteiger partial charge >= 0.3 is 4.87 Å². The predicted octanol–water partition coefficient (Wildman–Crippen LogP) is 2.03. The zero-order valence-corrected chi connectivity index (χ0v) is 10.9. The van der Waals surface area contributed by atoms with Crippen molar-refractivity contribution in [1.29, 1.82) is 0 Å². The van der Waals surface area contributed by atoms with Crippen molar-refractivity contribution in [3.05, 3.63) is 55.6 Å². The number of thiazole rings is 1. The second kappa shape index (κ2) is 4.85. The summed E-state index contributed by atoms with van der Waals surface area (Å²) in [7, 11) is 0. The summed E-state index contributed by atoms with van der Waals surface area (Å²) in [6.07, 6.45) is 0. The van der Waals surface area contributed by atoms with Gasteiger partial charge in [0.05, 0.1) is 6.54 Å². The molecule has 0 spiro atoms. The highest BCUT2D eigenvalue weighted by molar-refractivity contribution is 7.09. The van der Waals surface area contributed by atoms with E-state index >= 15 is 0 Å². The number of aryl methyl sites for hydroxylation is 1. The monoisotopic (exact) mass is 248 g/mol. The van der Waals surface area contributed by atoms with E-state index in [1.165, 1.54) is 11.3 Å². The standard InChI is InChI=1S/C13H16N2OS/c1-9-10(2)17-13(16)15(9)8-12-5-3-11(7-14)4-6-12/h3-6H,7-8,14H2,1-2H3. The van der Waals surface area contributed by atoms with Crippen LogP contribution in [0.15, 0.2) is 29.1 Å². The Kier molecular flexibility index (Phi) is 3.45. The quantitative estimate of drug-likeness (QED) is 0.903. The van der Waals surface area contributed by atoms with Crippen molar-refractivity contribution in [2.45, 2.75) is 26.9 Å². The van der Waals surface area contributed by atoms with E-state index in [2.05, 4.69) is 0 Å². The van der Waals surface area contributed by atoms with Crippen LogP contribution in [-0.4, -0.2) is 4.57 Å². The van der Waals surface area contributed by atoms with Crippen LogP contribution in [0, 0.1) is 13.8 Å². The highest BCUT2D eigenvalue weighted by Gasteiger charge is 2.07. The van der Waals surface area contributed by atoms with Crippen LogP contribution in [0.5, 0.6) is 0 Å². The van der Waals surface area contributed by atoms with E-state index < -0.39 is 0 Å². The zero-order valence-electron chi connectivity index (χ0n) is 10.1. The molecule has 1 aromatic carbocycles. The first-order valence-corrected chi connectivity index (χ1v) is 6.38. The lowest BCUT2D eigenvalue weighted by molar-refractivity contribution is 0.751. The lowest BCUT2D eigenvalue weighted by Gasteiger charge is -2.06. The van der Waals surface area contributed by atoms with Crippen LogP contribution < -0.4 is 10.6 Å². The van der Waals surface area contributed by atoms with Gasteiger partial charge in [-0.05, 0) is 25.0 Å². The van der Waals surface area contributed by atoms with Crippen molar-refractivity contribution in [3.63, 3.8) is 0 Å². The highest BCUT2D eigenvalue weighted by atomic mass is 32.1. The molecule has 0 fully saturated rings. The van der Waals surface area contributed by atoms with Gasteiger partial charge < -0.3 is 5.73 Å². The number of nitrogens with two attached hydrogens (primary N) is 1. The van der Waals surface area contributed by atoms with Gasteiger partial charge in [0, 0.05) is 17.1 Å². The van der Waals surface area contributed by atoms with Crippen LogP contribution in [0.3, 0.4) is 0 Å². The van der Waals surface area contributed by atoms with Gasteiger partial charge in [-0.1, -0.05) is 35.6 Å². The minimum atomic E-state index is 0.114. The number of hydrogen-bond acceptors (Lipinski definition) is 3. The fourth-order valence-corrected chi connectivity index (χ4v) is 2.56. The number of rotatable bonds is 3. The van der Waals surface area contributed by atoms with E-state index in [1.54, 1.807) is 0 Å². The Labute approximate surface area is 105 Å². The van der Waals surface area contributed by atoms with Crippen molar-refractivity contribution >= 4 is 11.3 Å². The number of benzene rings is 1. The molecule has 2 N–H and O–H groups in total. The molecule has 17 heavy (non-hydrogen) atoms. The predicted molar refractivity (Wildman–Crippen MR) is 71.5 cm³/mol. The zero-order chi connectivity index (χ0) is 12.4. The Bertz CT molecular complexity index is 566. The first kappa shape index (κ1) is 12.1. The molecule has 0 aliphatic carbocycles. The first-order valence-electron chi connectivity index (χ1n) is 5.56. The van der Waals surface area contributed by atoms with Crippen LogP contribution >= 0.6 is 11.3 Å². The maximum atomic E-state index is 11.7. The maximum Gasteiger partial charge on any atom is 0.307 e. The third-order valence-corrected chi connectivity index (χ3v) is 3.97. The van der Waals surface area contributed by atoms with Crippen LogP contribution in [-0.2, 0) is 13.1 Å². The molecule has 3 nitrogen and oxygen atoms in total. The summed E-state index contributed by atoms with van der Waals surface area (Å²) in [6.45, 7) is 5.16. The maximum absolute atomic E-state index is 11.7. The SMILES string of the molecule is Cc1sc(=O)n(Cc2ccc(CN)cc2)c1C. The molecule has 0 saturated carbocycles. The summed E-state index contributed by atoms with van der Waals surface area (Å²) < 4.78 is 1.82. The molecule has 2 rings (SSSR count). The molecule has 2 aromatic rings. The first-order chi connectivity index (χ1) is 8.11. The minimum Gasteiger partial charge on any atom is -0.326 e. The molecule has 1 heterocycles. The second-order valence-electron chi connectivity index (χ2n) is 4.12. The topological polar surface area (TPSA) is 48.0 Å². The molecule has 0 amide bonds. The molecule has 1 aromatic heterocycles. The Morgan fingerprint density at radius 3 is 2.24 bits per heavy atom. The summed E-state index contributed by atoms with van der Waals surface area (Å²) in [5.74, 6) is 0. The Hall–Kier alpha value is -1.39. The third kappa shape index (κ3) is 2.48. The molecule has 0 unspecified atom stereocenters. The molecule has 0 saturated heterocycles. The fraction of sp³-hybridized carbons (Fsp3) is 0.308. The van der Waals surface area contributed by atoms with Gasteiger partial charge in [0.2, 0.25) is 0 Å². The minimum absolute atomic E-state index is 0.114. The average molecular weight is 248 g/mol. The normalized spacial score (nSPS) is 10.8. The van der Waals surface area contributed by atoms with Crippen LogP contribution in [0.1, 0.15) is 21.7 Å². The van der Waals surface area contributed by atoms with E-state index in [4.69, 9.17) is 5.73 Å². The van der Waals surface area contributed by atoms with E-state index in [0.717, 1.165) is 21.7 Å². The summed E-state index contributed by atoms with van der Waals surface area (Å²) in [4.78, 5) is 13.0. The van der Waals surface area contributed by atoms with E-state index in [9.17, 15) is 4.79 Å². The molecule has 90 valence electrons. The van der Waals surface area contributed by atoms with Gasteiger partial charge in [0.25, 0.3) is 0 Å². The molecule has 0 aliphatic rings. The second-order valence-corrected chi connectivity index (χ2v) is 5.28. The molecular formula is C13H16N2OS. The smallest absolute Gasteiger partial charge is 0.307 e. The van der Waals surface area contributed by atoms with Gasteiger partial charge in [-0.3, -0.25) is 9.36 Å². The van der Waals surface area contributed by atoms with Crippen molar-refractivity contribution in [2.75, 3.05) is 0 Å². The average Bonchev–Trinajstić information content (AvgIpc) is 2.57. The number of aromatic nitrogens is 1.